The van der Waals surface area contributed by atoms with Gasteiger partial charge >= 0.3 is 0 Å². The van der Waals surface area contributed by atoms with E-state index in [4.69, 9.17) is 0 Å². The van der Waals surface area contributed by atoms with Gasteiger partial charge in [-0.15, -0.1) is 0 Å². The van der Waals surface area contributed by atoms with Crippen molar-refractivity contribution in [1.29, 1.82) is 0 Å². The van der Waals surface area contributed by atoms with Crippen LogP contribution in [0.1, 0.15) is 49.3 Å². The Labute approximate surface area is 97.1 Å². The zero-order chi connectivity index (χ0) is 11.4. The molecule has 0 saturated carbocycles. The van der Waals surface area contributed by atoms with E-state index in [0.29, 0.717) is 6.42 Å². The van der Waals surface area contributed by atoms with E-state index in [1.807, 2.05) is 0 Å². The van der Waals surface area contributed by atoms with Gasteiger partial charge in [-0.05, 0) is 25.3 Å². The van der Waals surface area contributed by atoms with Crippen LogP contribution in [0, 0.1) is 6.92 Å². The maximum Gasteiger partial charge on any atom is 0.220 e. The van der Waals surface area contributed by atoms with Gasteiger partial charge in [0.15, 0.2) is 0 Å². The van der Waals surface area contributed by atoms with E-state index >= 15 is 0 Å². The molecule has 1 saturated heterocycles. The number of benzene rings is 1. The number of hydrogen-bond donors (Lipinski definition) is 1. The minimum absolute atomic E-state index is 0.200. The highest BCUT2D eigenvalue weighted by atomic mass is 16.1. The molecule has 86 valence electrons. The molecule has 0 spiro atoms. The first-order valence-corrected chi connectivity index (χ1v) is 6.11. The molecule has 0 radical (unpaired) electrons. The highest BCUT2D eigenvalue weighted by molar-refractivity contribution is 5.76. The Kier molecular flexibility index (Phi) is 3.60. The van der Waals surface area contributed by atoms with Gasteiger partial charge < -0.3 is 5.32 Å². The maximum absolute atomic E-state index is 11.6. The number of rotatable bonds is 1. The molecule has 0 bridgehead atoms. The van der Waals surface area contributed by atoms with E-state index < -0.39 is 0 Å². The fraction of sp³-hybridized carbons (Fsp3) is 0.500. The molecule has 1 aliphatic rings. The quantitative estimate of drug-likeness (QED) is 0.769. The summed E-state index contributed by atoms with van der Waals surface area (Å²) in [5.41, 5.74) is 2.50. The van der Waals surface area contributed by atoms with Crippen molar-refractivity contribution in [2.24, 2.45) is 0 Å². The van der Waals surface area contributed by atoms with Crippen LogP contribution in [0.25, 0.3) is 0 Å². The van der Waals surface area contributed by atoms with Crippen molar-refractivity contribution in [1.82, 2.24) is 5.32 Å². The zero-order valence-corrected chi connectivity index (χ0v) is 9.83. The Morgan fingerprint density at radius 1 is 1.25 bits per heavy atom. The summed E-state index contributed by atoms with van der Waals surface area (Å²) in [6.45, 7) is 2.09. The minimum Gasteiger partial charge on any atom is -0.349 e. The lowest BCUT2D eigenvalue weighted by Gasteiger charge is -2.22. The second kappa shape index (κ2) is 5.15. The zero-order valence-electron chi connectivity index (χ0n) is 9.83. The summed E-state index contributed by atoms with van der Waals surface area (Å²) in [5.74, 6) is 0.200. The Morgan fingerprint density at radius 3 is 2.94 bits per heavy atom. The number of carbonyl (C=O) groups is 1. The van der Waals surface area contributed by atoms with Crippen LogP contribution >= 0.6 is 0 Å². The molecule has 16 heavy (non-hydrogen) atoms. The molecule has 1 N–H and O–H groups in total. The monoisotopic (exact) mass is 217 g/mol. The van der Waals surface area contributed by atoms with Gasteiger partial charge in [-0.2, -0.15) is 0 Å². The van der Waals surface area contributed by atoms with E-state index in [1.54, 1.807) is 0 Å². The third-order valence-electron chi connectivity index (χ3n) is 3.18. The van der Waals surface area contributed by atoms with Crippen molar-refractivity contribution in [3.63, 3.8) is 0 Å². The van der Waals surface area contributed by atoms with Gasteiger partial charge in [0.25, 0.3) is 0 Å². The lowest BCUT2D eigenvalue weighted by molar-refractivity contribution is -0.122. The first-order valence-electron chi connectivity index (χ1n) is 6.11. The molecule has 2 heteroatoms. The predicted octanol–water partition coefficient (Wildman–Crippen LogP) is 3.12. The first-order chi connectivity index (χ1) is 7.75. The molecule has 1 heterocycles. The highest BCUT2D eigenvalue weighted by Crippen LogP contribution is 2.23. The van der Waals surface area contributed by atoms with Crippen molar-refractivity contribution in [2.75, 3.05) is 0 Å². The molecule has 1 unspecified atom stereocenters. The topological polar surface area (TPSA) is 29.1 Å². The van der Waals surface area contributed by atoms with E-state index in [0.717, 1.165) is 12.8 Å². The van der Waals surface area contributed by atoms with Crippen LogP contribution in [0.5, 0.6) is 0 Å². The molecule has 2 nitrogen and oxygen atoms in total. The summed E-state index contributed by atoms with van der Waals surface area (Å²) in [7, 11) is 0. The van der Waals surface area contributed by atoms with Crippen molar-refractivity contribution < 1.29 is 4.79 Å². The average molecular weight is 217 g/mol. The molecule has 1 atom stereocenters. The van der Waals surface area contributed by atoms with Gasteiger partial charge in [0, 0.05) is 6.42 Å². The molecule has 1 aromatic carbocycles. The first kappa shape index (κ1) is 11.2. The van der Waals surface area contributed by atoms with Crippen LogP contribution < -0.4 is 5.32 Å². The number of nitrogens with one attached hydrogen (secondary N) is 1. The third kappa shape index (κ3) is 2.84. The van der Waals surface area contributed by atoms with Crippen LogP contribution in [-0.2, 0) is 4.79 Å². The second-order valence-electron chi connectivity index (χ2n) is 4.63. The van der Waals surface area contributed by atoms with Crippen LogP contribution in [0.2, 0.25) is 0 Å². The smallest absolute Gasteiger partial charge is 0.220 e. The second-order valence-corrected chi connectivity index (χ2v) is 4.63. The van der Waals surface area contributed by atoms with Crippen LogP contribution in [0.3, 0.4) is 0 Å². The number of hydrogen-bond acceptors (Lipinski definition) is 1. The molecule has 1 fully saturated rings. The predicted molar refractivity (Wildman–Crippen MR) is 65.1 cm³/mol. The average Bonchev–Trinajstić information content (AvgIpc) is 2.23. The van der Waals surface area contributed by atoms with Crippen molar-refractivity contribution >= 4 is 5.91 Å². The van der Waals surface area contributed by atoms with Gasteiger partial charge in [0.2, 0.25) is 5.91 Å². The molecule has 1 amide bonds. The summed E-state index contributed by atoms with van der Waals surface area (Å²) in [4.78, 5) is 11.6. The van der Waals surface area contributed by atoms with Gasteiger partial charge in [-0.25, -0.2) is 0 Å². The van der Waals surface area contributed by atoms with Crippen LogP contribution in [0.4, 0.5) is 0 Å². The molecule has 2 rings (SSSR count). The maximum atomic E-state index is 11.6. The van der Waals surface area contributed by atoms with Crippen molar-refractivity contribution in [3.05, 3.63) is 35.4 Å². The Hall–Kier alpha value is -1.31. The fourth-order valence-electron chi connectivity index (χ4n) is 2.29. The Bertz CT molecular complexity index is 373. The van der Waals surface area contributed by atoms with E-state index in [2.05, 4.69) is 36.5 Å². The Morgan fingerprint density at radius 2 is 2.12 bits per heavy atom. The summed E-state index contributed by atoms with van der Waals surface area (Å²) in [6, 6.07) is 8.66. The molecular formula is C14H19NO. The Balaban J connectivity index is 2.14. The van der Waals surface area contributed by atoms with E-state index in [9.17, 15) is 4.79 Å². The largest absolute Gasteiger partial charge is 0.349 e. The summed E-state index contributed by atoms with van der Waals surface area (Å²) >= 11 is 0. The number of aryl methyl sites for hydroxylation is 1. The normalized spacial score (nSPS) is 22.1. The molecular weight excluding hydrogens is 198 g/mol. The molecule has 1 aliphatic heterocycles. The standard InChI is InChI=1S/C14H19NO/c1-11-6-5-7-12(10-11)13-8-3-2-4-9-14(16)15-13/h5-7,10,13H,2-4,8-9H2,1H3,(H,15,16). The fourth-order valence-corrected chi connectivity index (χ4v) is 2.29. The van der Waals surface area contributed by atoms with Gasteiger partial charge in [0.05, 0.1) is 6.04 Å². The molecule has 1 aromatic rings. The minimum atomic E-state index is 0.200. The lowest BCUT2D eigenvalue weighted by Crippen LogP contribution is -2.29. The summed E-state index contributed by atoms with van der Waals surface area (Å²) < 4.78 is 0. The van der Waals surface area contributed by atoms with E-state index in [1.165, 1.54) is 24.0 Å². The van der Waals surface area contributed by atoms with Crippen molar-refractivity contribution in [3.8, 4) is 0 Å². The van der Waals surface area contributed by atoms with Gasteiger partial charge in [0.1, 0.15) is 0 Å². The lowest BCUT2D eigenvalue weighted by atomic mass is 9.96. The summed E-state index contributed by atoms with van der Waals surface area (Å²) in [6.07, 6.45) is 5.17. The van der Waals surface area contributed by atoms with Gasteiger partial charge in [-0.1, -0.05) is 42.7 Å². The number of amides is 1. The van der Waals surface area contributed by atoms with Crippen LogP contribution in [-0.4, -0.2) is 5.91 Å². The molecule has 0 aliphatic carbocycles. The van der Waals surface area contributed by atoms with Crippen molar-refractivity contribution in [2.45, 2.75) is 45.1 Å². The van der Waals surface area contributed by atoms with E-state index in [-0.39, 0.29) is 11.9 Å². The highest BCUT2D eigenvalue weighted by Gasteiger charge is 2.16. The van der Waals surface area contributed by atoms with Crippen LogP contribution in [0.15, 0.2) is 24.3 Å². The third-order valence-corrected chi connectivity index (χ3v) is 3.18. The SMILES string of the molecule is Cc1cccc(C2CCCCCC(=O)N2)c1. The summed E-state index contributed by atoms with van der Waals surface area (Å²) in [5, 5.41) is 3.12. The molecule has 0 aromatic heterocycles. The van der Waals surface area contributed by atoms with Gasteiger partial charge in [-0.3, -0.25) is 4.79 Å². The number of carbonyl (C=O) groups excluding carboxylic acids is 1.